The van der Waals surface area contributed by atoms with E-state index >= 15 is 0 Å². The molecule has 1 spiro atoms. The summed E-state index contributed by atoms with van der Waals surface area (Å²) < 4.78 is 8.16. The van der Waals surface area contributed by atoms with E-state index in [4.69, 9.17) is 4.74 Å². The van der Waals surface area contributed by atoms with Crippen LogP contribution in [0.25, 0.3) is 0 Å². The van der Waals surface area contributed by atoms with Gasteiger partial charge in [-0.3, -0.25) is 9.59 Å². The van der Waals surface area contributed by atoms with Crippen molar-refractivity contribution in [3.05, 3.63) is 65.3 Å². The summed E-state index contributed by atoms with van der Waals surface area (Å²) in [7, 11) is 3.68. The first kappa shape index (κ1) is 20.0. The molecule has 3 aliphatic heterocycles. The van der Waals surface area contributed by atoms with Crippen LogP contribution >= 0.6 is 0 Å². The summed E-state index contributed by atoms with van der Waals surface area (Å²) in [6.07, 6.45) is 7.20. The minimum atomic E-state index is -0.689. The van der Waals surface area contributed by atoms with E-state index in [0.717, 1.165) is 11.4 Å². The van der Waals surface area contributed by atoms with Gasteiger partial charge in [-0.15, -0.1) is 0 Å². The van der Waals surface area contributed by atoms with Crippen LogP contribution in [0.15, 0.2) is 42.7 Å². The molecule has 0 radical (unpaired) electrons. The van der Waals surface area contributed by atoms with E-state index in [9.17, 15) is 9.59 Å². The zero-order valence-electron chi connectivity index (χ0n) is 18.4. The summed E-state index contributed by atoms with van der Waals surface area (Å²) in [6, 6.07) is 6.29. The number of carbonyl (C=O) groups is 2. The fourth-order valence-corrected chi connectivity index (χ4v) is 5.21. The summed E-state index contributed by atoms with van der Waals surface area (Å²) in [5.41, 5.74) is 2.86. The Morgan fingerprint density at radius 2 is 2.13 bits per heavy atom. The second kappa shape index (κ2) is 7.05. The van der Waals surface area contributed by atoms with E-state index in [1.54, 1.807) is 18.1 Å². The smallest absolute Gasteiger partial charge is 0.230 e. The molecule has 0 aliphatic carbocycles. The highest BCUT2D eigenvalue weighted by atomic mass is 16.5. The average Bonchev–Trinajstić information content (AvgIpc) is 3.47. The summed E-state index contributed by atoms with van der Waals surface area (Å²) >= 11 is 0. The normalized spacial score (nSPS) is 28.5. The molecule has 7 heteroatoms. The predicted molar refractivity (Wildman–Crippen MR) is 115 cm³/mol. The van der Waals surface area contributed by atoms with Crippen molar-refractivity contribution in [3.63, 3.8) is 0 Å². The zero-order valence-corrected chi connectivity index (χ0v) is 18.4. The van der Waals surface area contributed by atoms with Gasteiger partial charge in [0.15, 0.2) is 0 Å². The van der Waals surface area contributed by atoms with Gasteiger partial charge in [0, 0.05) is 33.0 Å². The van der Waals surface area contributed by atoms with Crippen LogP contribution < -0.4 is 0 Å². The van der Waals surface area contributed by atoms with Crippen molar-refractivity contribution in [1.29, 1.82) is 0 Å². The van der Waals surface area contributed by atoms with Crippen molar-refractivity contribution < 1.29 is 14.3 Å². The van der Waals surface area contributed by atoms with E-state index in [1.165, 1.54) is 11.1 Å². The number of hydrogen-bond donors (Lipinski definition) is 0. The molecule has 7 nitrogen and oxygen atoms in total. The molecule has 0 N–H and O–H groups in total. The molecule has 31 heavy (non-hydrogen) atoms. The third-order valence-electron chi connectivity index (χ3n) is 7.08. The summed E-state index contributed by atoms with van der Waals surface area (Å²) in [5.74, 6) is -0.211. The maximum Gasteiger partial charge on any atom is 0.230 e. The molecule has 2 aromatic rings. The highest BCUT2D eigenvalue weighted by molar-refractivity contribution is 5.93. The molecule has 2 fully saturated rings. The molecule has 3 aliphatic rings. The van der Waals surface area contributed by atoms with E-state index in [2.05, 4.69) is 37.0 Å². The topological polar surface area (TPSA) is 67.7 Å². The van der Waals surface area contributed by atoms with Gasteiger partial charge in [-0.25, -0.2) is 4.98 Å². The van der Waals surface area contributed by atoms with Crippen LogP contribution in [0.3, 0.4) is 0 Å². The van der Waals surface area contributed by atoms with Gasteiger partial charge >= 0.3 is 0 Å². The third kappa shape index (κ3) is 3.10. The molecule has 4 atom stereocenters. The minimum absolute atomic E-state index is 0.00817. The fourth-order valence-electron chi connectivity index (χ4n) is 5.21. The number of nitrogens with zero attached hydrogens (tertiary/aromatic N) is 4. The largest absolute Gasteiger partial charge is 0.360 e. The monoisotopic (exact) mass is 420 g/mol. The lowest BCUT2D eigenvalue weighted by atomic mass is 9.76. The number of amides is 2. The van der Waals surface area contributed by atoms with Gasteiger partial charge in [0.2, 0.25) is 11.8 Å². The van der Waals surface area contributed by atoms with Crippen LogP contribution in [0.5, 0.6) is 0 Å². The second-order valence-electron chi connectivity index (χ2n) is 9.16. The highest BCUT2D eigenvalue weighted by Crippen LogP contribution is 2.52. The van der Waals surface area contributed by atoms with Crippen molar-refractivity contribution >= 4 is 11.8 Å². The molecule has 0 saturated carbocycles. The van der Waals surface area contributed by atoms with Crippen LogP contribution in [0.2, 0.25) is 0 Å². The van der Waals surface area contributed by atoms with Crippen molar-refractivity contribution in [2.75, 3.05) is 13.6 Å². The molecule has 2 bridgehead atoms. The first-order valence-electron chi connectivity index (χ1n) is 10.7. The number of likely N-dealkylation sites (tertiary alicyclic amines) is 1. The van der Waals surface area contributed by atoms with E-state index < -0.39 is 17.4 Å². The number of aryl methyl sites for hydroxylation is 3. The van der Waals surface area contributed by atoms with Crippen molar-refractivity contribution in [3.8, 4) is 0 Å². The van der Waals surface area contributed by atoms with Crippen molar-refractivity contribution in [1.82, 2.24) is 19.4 Å². The van der Waals surface area contributed by atoms with E-state index in [1.807, 2.05) is 34.9 Å². The van der Waals surface area contributed by atoms with Crippen molar-refractivity contribution in [2.24, 2.45) is 18.9 Å². The first-order chi connectivity index (χ1) is 14.8. The number of imidazole rings is 1. The molecule has 0 unspecified atom stereocenters. The Bertz CT molecular complexity index is 1090. The number of ether oxygens (including phenoxy) is 1. The molecule has 1 aromatic heterocycles. The molecule has 5 rings (SSSR count). The first-order valence-corrected chi connectivity index (χ1v) is 10.7. The van der Waals surface area contributed by atoms with Crippen LogP contribution in [-0.2, 0) is 34.5 Å². The maximum absolute atomic E-state index is 13.5. The summed E-state index contributed by atoms with van der Waals surface area (Å²) in [4.78, 5) is 34.7. The summed E-state index contributed by atoms with van der Waals surface area (Å²) in [5, 5.41) is 0. The number of aromatic nitrogens is 2. The number of rotatable bonds is 5. The van der Waals surface area contributed by atoms with Gasteiger partial charge < -0.3 is 19.1 Å². The Hall–Kier alpha value is -2.93. The second-order valence-corrected chi connectivity index (χ2v) is 9.16. The average molecular weight is 421 g/mol. The van der Waals surface area contributed by atoms with Gasteiger partial charge in [-0.05, 0) is 30.5 Å². The lowest BCUT2D eigenvalue weighted by molar-refractivity contribution is -0.143. The van der Waals surface area contributed by atoms with Crippen LogP contribution in [0.4, 0.5) is 0 Å². The lowest BCUT2D eigenvalue weighted by Crippen LogP contribution is -2.44. The molecule has 4 heterocycles. The fraction of sp³-hybridized carbons (Fsp3) is 0.458. The molecular formula is C24H28N4O3. The van der Waals surface area contributed by atoms with Gasteiger partial charge in [0.1, 0.15) is 11.4 Å². The number of fused-ring (bicyclic) bond motifs is 1. The zero-order chi connectivity index (χ0) is 21.9. The van der Waals surface area contributed by atoms with Gasteiger partial charge in [0.05, 0.1) is 31.0 Å². The molecule has 1 aromatic carbocycles. The molecule has 162 valence electrons. The molecular weight excluding hydrogens is 392 g/mol. The van der Waals surface area contributed by atoms with Crippen LogP contribution in [-0.4, -0.2) is 56.5 Å². The Morgan fingerprint density at radius 3 is 2.84 bits per heavy atom. The van der Waals surface area contributed by atoms with E-state index in [0.29, 0.717) is 19.6 Å². The number of benzene rings is 1. The Balaban J connectivity index is 1.36. The van der Waals surface area contributed by atoms with Crippen LogP contribution in [0.1, 0.15) is 22.5 Å². The molecule has 2 amide bonds. The molecule has 2 saturated heterocycles. The minimum Gasteiger partial charge on any atom is -0.360 e. The third-order valence-corrected chi connectivity index (χ3v) is 7.08. The predicted octanol–water partition coefficient (Wildman–Crippen LogP) is 1.98. The Labute approximate surface area is 182 Å². The lowest BCUT2D eigenvalue weighted by Gasteiger charge is -2.27. The van der Waals surface area contributed by atoms with Crippen LogP contribution in [0, 0.1) is 25.7 Å². The van der Waals surface area contributed by atoms with Gasteiger partial charge in [0.25, 0.3) is 0 Å². The number of carbonyl (C=O) groups excluding carboxylic acids is 2. The Morgan fingerprint density at radius 1 is 1.32 bits per heavy atom. The summed E-state index contributed by atoms with van der Waals surface area (Å²) in [6.45, 7) is 5.58. The number of hydrogen-bond acceptors (Lipinski definition) is 4. The SMILES string of the molecule is Cc1ccc(CN2C[C@]34C=C[C@H](O3)[C@@H](C(=O)N(C)Cc3nccn3C)[C@H]4C2=O)cc1C. The van der Waals surface area contributed by atoms with Gasteiger partial charge in [-0.2, -0.15) is 0 Å². The highest BCUT2D eigenvalue weighted by Gasteiger charge is 2.67. The van der Waals surface area contributed by atoms with Gasteiger partial charge in [-0.1, -0.05) is 30.4 Å². The standard InChI is InChI=1S/C24H28N4O3/c1-15-5-6-17(11-16(15)2)12-28-14-24-8-7-18(31-24)20(21(24)23(28)30)22(29)27(4)13-19-25-9-10-26(19)3/h5-11,18,20-21H,12-14H2,1-4H3/t18-,20+,21-,24-/m0/s1. The Kier molecular flexibility index (Phi) is 4.55. The quantitative estimate of drug-likeness (QED) is 0.694. The maximum atomic E-state index is 13.5. The van der Waals surface area contributed by atoms with E-state index in [-0.39, 0.29) is 17.9 Å². The van der Waals surface area contributed by atoms with Crippen molar-refractivity contribution in [2.45, 2.75) is 38.6 Å².